The minimum absolute atomic E-state index is 0.172. The summed E-state index contributed by atoms with van der Waals surface area (Å²) < 4.78 is 1.01. The van der Waals surface area contributed by atoms with Crippen molar-refractivity contribution in [3.05, 3.63) is 56.6 Å². The lowest BCUT2D eigenvalue weighted by Crippen LogP contribution is -2.12. The Morgan fingerprint density at radius 2 is 2.00 bits per heavy atom. The molecule has 2 rings (SSSR count). The first kappa shape index (κ1) is 13.2. The number of anilines is 2. The van der Waals surface area contributed by atoms with Gasteiger partial charge in [-0.1, -0.05) is 17.7 Å². The van der Waals surface area contributed by atoms with Crippen LogP contribution in [0.4, 0.5) is 11.4 Å². The van der Waals surface area contributed by atoms with Gasteiger partial charge in [0.05, 0.1) is 10.7 Å². The van der Waals surface area contributed by atoms with E-state index in [0.29, 0.717) is 22.0 Å². The summed E-state index contributed by atoms with van der Waals surface area (Å²) in [5.74, 6) is -0.172. The topological polar surface area (TPSA) is 55.1 Å². The molecule has 0 bridgehead atoms. The molecule has 0 saturated heterocycles. The highest BCUT2D eigenvalue weighted by Gasteiger charge is 2.07. The van der Waals surface area contributed by atoms with Gasteiger partial charge in [0.2, 0.25) is 0 Å². The zero-order valence-electron chi connectivity index (χ0n) is 9.28. The summed E-state index contributed by atoms with van der Waals surface area (Å²) in [6.45, 7) is 0. The predicted molar refractivity (Wildman–Crippen MR) is 83.0 cm³/mol. The van der Waals surface area contributed by atoms with Gasteiger partial charge in [-0.2, -0.15) is 0 Å². The fourth-order valence-electron chi connectivity index (χ4n) is 1.44. The van der Waals surface area contributed by atoms with E-state index in [0.717, 1.165) is 3.57 Å². The van der Waals surface area contributed by atoms with Crippen LogP contribution in [0.15, 0.2) is 42.5 Å². The third kappa shape index (κ3) is 3.14. The molecule has 0 atom stereocenters. The molecule has 0 heterocycles. The van der Waals surface area contributed by atoms with E-state index in [-0.39, 0.29) is 5.91 Å². The van der Waals surface area contributed by atoms with Gasteiger partial charge in [0.1, 0.15) is 0 Å². The van der Waals surface area contributed by atoms with Crippen LogP contribution in [0.1, 0.15) is 10.4 Å². The van der Waals surface area contributed by atoms with Gasteiger partial charge in [-0.15, -0.1) is 0 Å². The molecule has 0 radical (unpaired) electrons. The van der Waals surface area contributed by atoms with Crippen LogP contribution in [0.2, 0.25) is 5.02 Å². The van der Waals surface area contributed by atoms with Crippen LogP contribution >= 0.6 is 34.2 Å². The third-order valence-electron chi connectivity index (χ3n) is 2.35. The molecule has 0 saturated carbocycles. The van der Waals surface area contributed by atoms with Crippen LogP contribution in [0.3, 0.4) is 0 Å². The maximum absolute atomic E-state index is 12.0. The Balaban J connectivity index is 2.18. The minimum atomic E-state index is -0.172. The molecule has 2 aromatic carbocycles. The van der Waals surface area contributed by atoms with Gasteiger partial charge in [0.25, 0.3) is 5.91 Å². The smallest absolute Gasteiger partial charge is 0.255 e. The molecule has 0 spiro atoms. The summed E-state index contributed by atoms with van der Waals surface area (Å²) in [7, 11) is 0. The molecule has 0 aliphatic carbocycles. The first-order valence-electron chi connectivity index (χ1n) is 5.18. The molecule has 0 fully saturated rings. The number of carbonyl (C=O) groups excluding carboxylic acids is 1. The summed E-state index contributed by atoms with van der Waals surface area (Å²) in [4.78, 5) is 12.0. The predicted octanol–water partition coefficient (Wildman–Crippen LogP) is 3.78. The second kappa shape index (κ2) is 5.58. The van der Waals surface area contributed by atoms with Crippen molar-refractivity contribution in [3.8, 4) is 0 Å². The zero-order valence-corrected chi connectivity index (χ0v) is 12.2. The van der Waals surface area contributed by atoms with Crippen molar-refractivity contribution < 1.29 is 4.79 Å². The van der Waals surface area contributed by atoms with Crippen molar-refractivity contribution in [2.24, 2.45) is 0 Å². The number of carbonyl (C=O) groups is 1. The van der Waals surface area contributed by atoms with E-state index >= 15 is 0 Å². The largest absolute Gasteiger partial charge is 0.398 e. The van der Waals surface area contributed by atoms with E-state index in [2.05, 4.69) is 27.9 Å². The lowest BCUT2D eigenvalue weighted by molar-refractivity contribution is 0.102. The van der Waals surface area contributed by atoms with Crippen molar-refractivity contribution in [2.45, 2.75) is 0 Å². The van der Waals surface area contributed by atoms with Crippen molar-refractivity contribution in [2.75, 3.05) is 11.1 Å². The third-order valence-corrected chi connectivity index (χ3v) is 3.34. The van der Waals surface area contributed by atoms with E-state index < -0.39 is 0 Å². The maximum atomic E-state index is 12.0. The summed E-state index contributed by atoms with van der Waals surface area (Å²) in [6, 6.07) is 12.3. The Kier molecular flexibility index (Phi) is 4.08. The molecular weight excluding hydrogens is 363 g/mol. The lowest BCUT2D eigenvalue weighted by atomic mass is 10.2. The average molecular weight is 373 g/mol. The van der Waals surface area contributed by atoms with Crippen molar-refractivity contribution in [3.63, 3.8) is 0 Å². The van der Waals surface area contributed by atoms with Crippen LogP contribution in [0.25, 0.3) is 0 Å². The fourth-order valence-corrected chi connectivity index (χ4v) is 2.16. The zero-order chi connectivity index (χ0) is 13.1. The molecule has 1 amide bonds. The quantitative estimate of drug-likeness (QED) is 0.623. The highest BCUT2D eigenvalue weighted by molar-refractivity contribution is 14.1. The normalized spacial score (nSPS) is 10.1. The SMILES string of the molecule is Nc1ccc(NC(=O)c2cccc(I)c2)cc1Cl. The summed E-state index contributed by atoms with van der Waals surface area (Å²) in [5.41, 5.74) is 7.32. The van der Waals surface area contributed by atoms with E-state index in [1.807, 2.05) is 18.2 Å². The van der Waals surface area contributed by atoms with Crippen molar-refractivity contribution in [1.82, 2.24) is 0 Å². The number of nitrogens with one attached hydrogen (secondary N) is 1. The van der Waals surface area contributed by atoms with Crippen LogP contribution in [0, 0.1) is 3.57 Å². The van der Waals surface area contributed by atoms with Crippen LogP contribution in [-0.4, -0.2) is 5.91 Å². The number of rotatable bonds is 2. The van der Waals surface area contributed by atoms with E-state index in [4.69, 9.17) is 17.3 Å². The van der Waals surface area contributed by atoms with E-state index in [1.165, 1.54) is 0 Å². The molecule has 0 aromatic heterocycles. The number of halogens is 2. The minimum Gasteiger partial charge on any atom is -0.398 e. The maximum Gasteiger partial charge on any atom is 0.255 e. The van der Waals surface area contributed by atoms with Crippen molar-refractivity contribution in [1.29, 1.82) is 0 Å². The van der Waals surface area contributed by atoms with Gasteiger partial charge < -0.3 is 11.1 Å². The molecular formula is C13H10ClIN2O. The standard InChI is InChI=1S/C13H10ClIN2O/c14-11-7-10(4-5-12(11)16)17-13(18)8-2-1-3-9(15)6-8/h1-7H,16H2,(H,17,18). The molecule has 3 nitrogen and oxygen atoms in total. The molecule has 0 unspecified atom stereocenters. The highest BCUT2D eigenvalue weighted by Crippen LogP contribution is 2.23. The van der Waals surface area contributed by atoms with E-state index in [1.54, 1.807) is 24.3 Å². The Hall–Kier alpha value is -1.27. The van der Waals surface area contributed by atoms with Gasteiger partial charge >= 0.3 is 0 Å². The van der Waals surface area contributed by atoms with Crippen LogP contribution in [0.5, 0.6) is 0 Å². The molecule has 0 aliphatic heterocycles. The summed E-state index contributed by atoms with van der Waals surface area (Å²) in [5, 5.41) is 3.20. The number of nitrogens with two attached hydrogens (primary N) is 1. The summed E-state index contributed by atoms with van der Waals surface area (Å²) in [6.07, 6.45) is 0. The molecule has 2 aromatic rings. The average Bonchev–Trinajstić information content (AvgIpc) is 2.34. The Morgan fingerprint density at radius 1 is 1.22 bits per heavy atom. The second-order valence-corrected chi connectivity index (χ2v) is 5.35. The fraction of sp³-hybridized carbons (Fsp3) is 0. The van der Waals surface area contributed by atoms with Gasteiger partial charge in [-0.05, 0) is 59.0 Å². The number of benzene rings is 2. The van der Waals surface area contributed by atoms with Gasteiger partial charge in [0.15, 0.2) is 0 Å². The molecule has 92 valence electrons. The summed E-state index contributed by atoms with van der Waals surface area (Å²) >= 11 is 8.05. The first-order valence-corrected chi connectivity index (χ1v) is 6.64. The Morgan fingerprint density at radius 3 is 2.67 bits per heavy atom. The van der Waals surface area contributed by atoms with Crippen molar-refractivity contribution >= 4 is 51.5 Å². The molecule has 0 aliphatic rings. The molecule has 5 heteroatoms. The number of nitrogen functional groups attached to an aromatic ring is 1. The first-order chi connectivity index (χ1) is 8.56. The Labute approximate surface area is 123 Å². The molecule has 3 N–H and O–H groups in total. The highest BCUT2D eigenvalue weighted by atomic mass is 127. The number of hydrogen-bond acceptors (Lipinski definition) is 2. The van der Waals surface area contributed by atoms with E-state index in [9.17, 15) is 4.79 Å². The lowest BCUT2D eigenvalue weighted by Gasteiger charge is -2.07. The number of amides is 1. The van der Waals surface area contributed by atoms with Crippen LogP contribution in [-0.2, 0) is 0 Å². The van der Waals surface area contributed by atoms with Gasteiger partial charge in [-0.25, -0.2) is 0 Å². The van der Waals surface area contributed by atoms with Crippen LogP contribution < -0.4 is 11.1 Å². The second-order valence-electron chi connectivity index (χ2n) is 3.70. The van der Waals surface area contributed by atoms with Gasteiger partial charge in [-0.3, -0.25) is 4.79 Å². The monoisotopic (exact) mass is 372 g/mol. The molecule has 18 heavy (non-hydrogen) atoms. The Bertz CT molecular complexity index is 601. The van der Waals surface area contributed by atoms with Gasteiger partial charge in [0, 0.05) is 14.8 Å². The number of hydrogen-bond donors (Lipinski definition) is 2.